The monoisotopic (exact) mass is 467 g/mol. The number of halogens is 1. The summed E-state index contributed by atoms with van der Waals surface area (Å²) in [6.45, 7) is 4.08. The molecule has 0 aliphatic carbocycles. The van der Waals surface area contributed by atoms with Crippen LogP contribution in [0.1, 0.15) is 31.1 Å². The summed E-state index contributed by atoms with van der Waals surface area (Å²) in [6.07, 6.45) is 1.70. The summed E-state index contributed by atoms with van der Waals surface area (Å²) in [5.74, 6) is 0.431. The van der Waals surface area contributed by atoms with Gasteiger partial charge < -0.3 is 15.4 Å². The van der Waals surface area contributed by atoms with Crippen LogP contribution in [-0.4, -0.2) is 21.1 Å². The Kier molecular flexibility index (Phi) is 6.72. The topological polar surface area (TPSA) is 91.9 Å². The summed E-state index contributed by atoms with van der Waals surface area (Å²) in [5.41, 5.74) is 3.64. The second-order valence-corrected chi connectivity index (χ2v) is 8.61. The van der Waals surface area contributed by atoms with Gasteiger partial charge in [0.25, 0.3) is 5.19 Å². The number of aromatic amines is 1. The standard InChI is InChI=1S/C23H22ClN5O2S/c1-14(27-15(2)30)19-11-20(29-28-19)22-13-26-23(32-22)31-21-9-8-17(10-18(21)24)25-12-16-6-4-3-5-7-16/h3-11,13-14,25H,12H2,1-2H3,(H,27,30)(H,28,29). The Morgan fingerprint density at radius 2 is 2.03 bits per heavy atom. The highest BCUT2D eigenvalue weighted by Crippen LogP contribution is 2.36. The molecule has 32 heavy (non-hydrogen) atoms. The molecule has 2 heterocycles. The molecule has 3 N–H and O–H groups in total. The van der Waals surface area contributed by atoms with Gasteiger partial charge >= 0.3 is 0 Å². The number of hydrogen-bond acceptors (Lipinski definition) is 6. The van der Waals surface area contributed by atoms with E-state index in [2.05, 4.69) is 37.9 Å². The molecule has 0 fully saturated rings. The van der Waals surface area contributed by atoms with Crippen molar-refractivity contribution in [2.75, 3.05) is 5.32 Å². The van der Waals surface area contributed by atoms with Gasteiger partial charge in [0, 0.05) is 19.2 Å². The third-order valence-corrected chi connectivity index (χ3v) is 5.88. The van der Waals surface area contributed by atoms with E-state index in [4.69, 9.17) is 16.3 Å². The molecular weight excluding hydrogens is 446 g/mol. The molecular formula is C23H22ClN5O2S. The maximum absolute atomic E-state index is 11.2. The second kappa shape index (κ2) is 9.84. The third kappa shape index (κ3) is 5.46. The van der Waals surface area contributed by atoms with Crippen LogP contribution in [0.3, 0.4) is 0 Å². The van der Waals surface area contributed by atoms with Crippen molar-refractivity contribution >= 4 is 34.5 Å². The molecule has 1 unspecified atom stereocenters. The lowest BCUT2D eigenvalue weighted by molar-refractivity contribution is -0.119. The van der Waals surface area contributed by atoms with Gasteiger partial charge in [-0.1, -0.05) is 53.3 Å². The quantitative estimate of drug-likeness (QED) is 0.305. The number of aromatic nitrogens is 3. The fraction of sp³-hybridized carbons (Fsp3) is 0.174. The van der Waals surface area contributed by atoms with Crippen molar-refractivity contribution in [3.63, 3.8) is 0 Å². The van der Waals surface area contributed by atoms with Gasteiger partial charge in [-0.2, -0.15) is 5.10 Å². The number of thiazole rings is 1. The molecule has 0 saturated heterocycles. The predicted molar refractivity (Wildman–Crippen MR) is 127 cm³/mol. The summed E-state index contributed by atoms with van der Waals surface area (Å²) < 4.78 is 5.89. The highest BCUT2D eigenvalue weighted by atomic mass is 35.5. The Labute approximate surface area is 194 Å². The van der Waals surface area contributed by atoms with Gasteiger partial charge in [-0.15, -0.1) is 0 Å². The van der Waals surface area contributed by atoms with Gasteiger partial charge in [-0.25, -0.2) is 4.98 Å². The van der Waals surface area contributed by atoms with Crippen molar-refractivity contribution in [2.24, 2.45) is 0 Å². The number of carbonyl (C=O) groups excluding carboxylic acids is 1. The number of benzene rings is 2. The molecule has 0 spiro atoms. The van der Waals surface area contributed by atoms with Crippen LogP contribution in [0.2, 0.25) is 5.02 Å². The van der Waals surface area contributed by atoms with E-state index in [1.165, 1.54) is 23.8 Å². The SMILES string of the molecule is CC(=O)NC(C)c1cc(-c2cnc(Oc3ccc(NCc4ccccc4)cc3Cl)s2)n[nH]1. The van der Waals surface area contributed by atoms with Gasteiger partial charge in [0.1, 0.15) is 11.4 Å². The van der Waals surface area contributed by atoms with Crippen molar-refractivity contribution in [3.05, 3.63) is 77.1 Å². The smallest absolute Gasteiger partial charge is 0.279 e. The minimum Gasteiger partial charge on any atom is -0.429 e. The lowest BCUT2D eigenvalue weighted by Gasteiger charge is -2.09. The Balaban J connectivity index is 1.40. The minimum atomic E-state index is -0.162. The first-order valence-electron chi connectivity index (χ1n) is 10.0. The number of amides is 1. The van der Waals surface area contributed by atoms with E-state index in [1.807, 2.05) is 49.4 Å². The van der Waals surface area contributed by atoms with Crippen molar-refractivity contribution in [2.45, 2.75) is 26.4 Å². The summed E-state index contributed by atoms with van der Waals surface area (Å²) in [5, 5.41) is 14.4. The Hall–Kier alpha value is -3.36. The molecule has 0 saturated carbocycles. The van der Waals surface area contributed by atoms with Crippen molar-refractivity contribution in [3.8, 4) is 21.5 Å². The maximum Gasteiger partial charge on any atom is 0.279 e. The number of H-pyrrole nitrogens is 1. The van der Waals surface area contributed by atoms with Crippen LogP contribution >= 0.6 is 22.9 Å². The average Bonchev–Trinajstić information content (AvgIpc) is 3.44. The Morgan fingerprint density at radius 3 is 2.78 bits per heavy atom. The fourth-order valence-electron chi connectivity index (χ4n) is 3.08. The summed E-state index contributed by atoms with van der Waals surface area (Å²) >= 11 is 7.79. The first-order chi connectivity index (χ1) is 15.5. The van der Waals surface area contributed by atoms with Crippen LogP contribution in [0.5, 0.6) is 10.9 Å². The van der Waals surface area contributed by atoms with Crippen LogP contribution in [0.25, 0.3) is 10.6 Å². The maximum atomic E-state index is 11.2. The zero-order chi connectivity index (χ0) is 22.5. The molecule has 4 rings (SSSR count). The predicted octanol–water partition coefficient (Wildman–Crippen LogP) is 5.79. The number of hydrogen-bond donors (Lipinski definition) is 3. The zero-order valence-electron chi connectivity index (χ0n) is 17.6. The lowest BCUT2D eigenvalue weighted by Crippen LogP contribution is -2.23. The normalized spacial score (nSPS) is 11.7. The number of ether oxygens (including phenoxy) is 1. The van der Waals surface area contributed by atoms with Crippen LogP contribution < -0.4 is 15.4 Å². The zero-order valence-corrected chi connectivity index (χ0v) is 19.1. The summed E-state index contributed by atoms with van der Waals surface area (Å²) in [4.78, 5) is 16.4. The van der Waals surface area contributed by atoms with E-state index in [0.717, 1.165) is 22.0 Å². The van der Waals surface area contributed by atoms with Gasteiger partial charge in [-0.3, -0.25) is 9.89 Å². The fourth-order valence-corrected chi connectivity index (χ4v) is 4.04. The van der Waals surface area contributed by atoms with Crippen molar-refractivity contribution < 1.29 is 9.53 Å². The number of anilines is 1. The molecule has 0 aliphatic rings. The second-order valence-electron chi connectivity index (χ2n) is 7.21. The summed E-state index contributed by atoms with van der Waals surface area (Å²) in [6, 6.07) is 17.4. The molecule has 1 atom stereocenters. The van der Waals surface area contributed by atoms with Gasteiger partial charge in [0.15, 0.2) is 0 Å². The molecule has 2 aromatic heterocycles. The van der Waals surface area contributed by atoms with E-state index >= 15 is 0 Å². The highest BCUT2D eigenvalue weighted by Gasteiger charge is 2.14. The van der Waals surface area contributed by atoms with Gasteiger partial charge in [0.2, 0.25) is 5.91 Å². The molecule has 7 nitrogen and oxygen atoms in total. The van der Waals surface area contributed by atoms with Gasteiger partial charge in [-0.05, 0) is 36.8 Å². The molecule has 0 radical (unpaired) electrons. The average molecular weight is 468 g/mol. The largest absolute Gasteiger partial charge is 0.429 e. The lowest BCUT2D eigenvalue weighted by atomic mass is 10.2. The molecule has 1 amide bonds. The van der Waals surface area contributed by atoms with Crippen LogP contribution in [0.4, 0.5) is 5.69 Å². The first kappa shape index (κ1) is 21.9. The number of rotatable bonds is 8. The molecule has 0 aliphatic heterocycles. The van der Waals surface area contributed by atoms with E-state index in [1.54, 1.807) is 6.20 Å². The number of nitrogens with one attached hydrogen (secondary N) is 3. The molecule has 9 heteroatoms. The highest BCUT2D eigenvalue weighted by molar-refractivity contribution is 7.16. The molecule has 0 bridgehead atoms. The first-order valence-corrected chi connectivity index (χ1v) is 11.2. The van der Waals surface area contributed by atoms with Crippen LogP contribution in [0.15, 0.2) is 60.8 Å². The number of carbonyl (C=O) groups is 1. The Morgan fingerprint density at radius 1 is 1.22 bits per heavy atom. The molecule has 164 valence electrons. The van der Waals surface area contributed by atoms with E-state index in [-0.39, 0.29) is 11.9 Å². The van der Waals surface area contributed by atoms with Crippen LogP contribution in [0, 0.1) is 0 Å². The van der Waals surface area contributed by atoms with E-state index < -0.39 is 0 Å². The van der Waals surface area contributed by atoms with E-state index in [0.29, 0.717) is 22.5 Å². The van der Waals surface area contributed by atoms with Gasteiger partial charge in [0.05, 0.1) is 27.8 Å². The van der Waals surface area contributed by atoms with Crippen LogP contribution in [-0.2, 0) is 11.3 Å². The molecule has 2 aromatic carbocycles. The number of nitrogens with zero attached hydrogens (tertiary/aromatic N) is 2. The van der Waals surface area contributed by atoms with Crippen molar-refractivity contribution in [1.29, 1.82) is 0 Å². The minimum absolute atomic E-state index is 0.0970. The van der Waals surface area contributed by atoms with E-state index in [9.17, 15) is 4.79 Å². The Bertz CT molecular complexity index is 1210. The summed E-state index contributed by atoms with van der Waals surface area (Å²) in [7, 11) is 0. The van der Waals surface area contributed by atoms with Crippen molar-refractivity contribution in [1.82, 2.24) is 20.5 Å². The third-order valence-electron chi connectivity index (χ3n) is 4.69. The molecule has 4 aromatic rings.